The molecule has 3 fully saturated rings. The van der Waals surface area contributed by atoms with Crippen molar-refractivity contribution in [1.29, 1.82) is 0 Å². The van der Waals surface area contributed by atoms with Gasteiger partial charge in [0.2, 0.25) is 11.8 Å². The number of piperidine rings is 1. The zero-order valence-corrected chi connectivity index (χ0v) is 18.1. The largest absolute Gasteiger partial charge is 0.353 e. The lowest BCUT2D eigenvalue weighted by atomic mass is 9.88. The summed E-state index contributed by atoms with van der Waals surface area (Å²) in [6.45, 7) is 1.33. The lowest BCUT2D eigenvalue weighted by molar-refractivity contribution is -0.128. The van der Waals surface area contributed by atoms with Gasteiger partial charge in [0.1, 0.15) is 0 Å². The molecule has 166 valence electrons. The summed E-state index contributed by atoms with van der Waals surface area (Å²) >= 11 is 0. The smallest absolute Gasteiger partial charge is 0.251 e. The molecule has 0 bridgehead atoms. The summed E-state index contributed by atoms with van der Waals surface area (Å²) in [7, 11) is 0. The minimum atomic E-state index is -0.0347. The molecule has 1 heterocycles. The van der Waals surface area contributed by atoms with Crippen molar-refractivity contribution in [3.8, 4) is 0 Å². The molecule has 2 aliphatic carbocycles. The fourth-order valence-electron chi connectivity index (χ4n) is 4.44. The Balaban J connectivity index is 1.20. The molecule has 4 rings (SSSR count). The van der Waals surface area contributed by atoms with Gasteiger partial charge in [0.15, 0.2) is 0 Å². The zero-order valence-electron chi connectivity index (χ0n) is 18.1. The van der Waals surface area contributed by atoms with Gasteiger partial charge in [-0.15, -0.1) is 0 Å². The van der Waals surface area contributed by atoms with E-state index in [0.29, 0.717) is 24.7 Å². The second-order valence-electron chi connectivity index (χ2n) is 9.15. The number of hydrogen-bond donors (Lipinski definition) is 2. The molecule has 1 aliphatic heterocycles. The molecule has 6 heteroatoms. The normalized spacial score (nSPS) is 20.6. The molecule has 0 unspecified atom stereocenters. The average Bonchev–Trinajstić information content (AvgIpc) is 3.63. The minimum absolute atomic E-state index is 0.00684. The number of rotatable bonds is 6. The molecule has 3 amide bonds. The van der Waals surface area contributed by atoms with E-state index in [1.807, 2.05) is 17.0 Å². The third kappa shape index (κ3) is 6.18. The quantitative estimate of drug-likeness (QED) is 0.689. The standard InChI is InChI=1S/C25H33N3O3/c29-23(13-8-18-6-9-20(10-7-18)25(31)26-21-11-12-21)28-16-14-22(15-17-28)27-24(30)19-4-2-1-3-5-19/h6-10,13,19,21-22H,1-5,11-12,14-17H2,(H,26,31)(H,27,30)/b13-8+. The molecule has 6 nitrogen and oxygen atoms in total. The van der Waals surface area contributed by atoms with Crippen LogP contribution in [0.2, 0.25) is 0 Å². The predicted molar refractivity (Wildman–Crippen MR) is 120 cm³/mol. The van der Waals surface area contributed by atoms with Crippen molar-refractivity contribution in [3.63, 3.8) is 0 Å². The van der Waals surface area contributed by atoms with Gasteiger partial charge in [0.05, 0.1) is 0 Å². The van der Waals surface area contributed by atoms with E-state index >= 15 is 0 Å². The Morgan fingerprint density at radius 2 is 1.45 bits per heavy atom. The monoisotopic (exact) mass is 423 g/mol. The maximum atomic E-state index is 12.5. The maximum Gasteiger partial charge on any atom is 0.251 e. The fourth-order valence-corrected chi connectivity index (χ4v) is 4.44. The Bertz CT molecular complexity index is 815. The van der Waals surface area contributed by atoms with E-state index in [1.165, 1.54) is 6.42 Å². The number of hydrogen-bond acceptors (Lipinski definition) is 3. The Kier molecular flexibility index (Phi) is 7.05. The van der Waals surface area contributed by atoms with Gasteiger partial charge in [-0.25, -0.2) is 0 Å². The molecule has 0 atom stereocenters. The van der Waals surface area contributed by atoms with Crippen molar-refractivity contribution < 1.29 is 14.4 Å². The summed E-state index contributed by atoms with van der Waals surface area (Å²) < 4.78 is 0. The van der Waals surface area contributed by atoms with Crippen LogP contribution in [0, 0.1) is 5.92 Å². The Morgan fingerprint density at radius 1 is 0.806 bits per heavy atom. The average molecular weight is 424 g/mol. The van der Waals surface area contributed by atoms with Gasteiger partial charge in [-0.2, -0.15) is 0 Å². The highest BCUT2D eigenvalue weighted by Crippen LogP contribution is 2.24. The van der Waals surface area contributed by atoms with Gasteiger partial charge in [-0.05, 0) is 62.3 Å². The van der Waals surface area contributed by atoms with E-state index in [2.05, 4.69) is 10.6 Å². The van der Waals surface area contributed by atoms with Crippen molar-refractivity contribution in [1.82, 2.24) is 15.5 Å². The third-order valence-corrected chi connectivity index (χ3v) is 6.63. The summed E-state index contributed by atoms with van der Waals surface area (Å²) in [5.74, 6) is 0.348. The highest BCUT2D eigenvalue weighted by atomic mass is 16.2. The Hall–Kier alpha value is -2.63. The highest BCUT2D eigenvalue weighted by Gasteiger charge is 2.27. The molecule has 1 aromatic carbocycles. The SMILES string of the molecule is O=C(NC1CC1)c1ccc(/C=C/C(=O)N2CCC(NC(=O)C3CCCCC3)CC2)cc1. The van der Waals surface area contributed by atoms with Crippen LogP contribution in [-0.4, -0.2) is 47.8 Å². The van der Waals surface area contributed by atoms with Crippen LogP contribution in [0.1, 0.15) is 73.7 Å². The van der Waals surface area contributed by atoms with Crippen LogP contribution in [0.4, 0.5) is 0 Å². The van der Waals surface area contributed by atoms with E-state index < -0.39 is 0 Å². The van der Waals surface area contributed by atoms with Gasteiger partial charge in [0.25, 0.3) is 5.91 Å². The number of likely N-dealkylation sites (tertiary alicyclic amines) is 1. The van der Waals surface area contributed by atoms with Crippen molar-refractivity contribution in [2.45, 2.75) is 69.9 Å². The second-order valence-corrected chi connectivity index (χ2v) is 9.15. The van der Waals surface area contributed by atoms with Gasteiger partial charge < -0.3 is 15.5 Å². The van der Waals surface area contributed by atoms with E-state index in [1.54, 1.807) is 24.3 Å². The second kappa shape index (κ2) is 10.1. The molecule has 3 aliphatic rings. The van der Waals surface area contributed by atoms with Crippen LogP contribution in [0.5, 0.6) is 0 Å². The number of carbonyl (C=O) groups excluding carboxylic acids is 3. The van der Waals surface area contributed by atoms with E-state index in [-0.39, 0.29) is 29.7 Å². The number of carbonyl (C=O) groups is 3. The molecule has 2 saturated carbocycles. The summed E-state index contributed by atoms with van der Waals surface area (Å²) in [5.41, 5.74) is 1.54. The highest BCUT2D eigenvalue weighted by molar-refractivity contribution is 5.95. The van der Waals surface area contributed by atoms with Gasteiger partial charge in [0, 0.05) is 42.7 Å². The van der Waals surface area contributed by atoms with Gasteiger partial charge >= 0.3 is 0 Å². The molecule has 31 heavy (non-hydrogen) atoms. The van der Waals surface area contributed by atoms with Crippen molar-refractivity contribution in [2.75, 3.05) is 13.1 Å². The minimum Gasteiger partial charge on any atom is -0.353 e. The molecule has 0 radical (unpaired) electrons. The summed E-state index contributed by atoms with van der Waals surface area (Å²) in [4.78, 5) is 38.9. The summed E-state index contributed by atoms with van der Waals surface area (Å²) in [6, 6.07) is 7.83. The predicted octanol–water partition coefficient (Wildman–Crippen LogP) is 3.28. The first-order chi connectivity index (χ1) is 15.1. The third-order valence-electron chi connectivity index (χ3n) is 6.63. The topological polar surface area (TPSA) is 78.5 Å². The summed E-state index contributed by atoms with van der Waals surface area (Å²) in [6.07, 6.45) is 12.7. The van der Waals surface area contributed by atoms with Crippen molar-refractivity contribution >= 4 is 23.8 Å². The lowest BCUT2D eigenvalue weighted by Crippen LogP contribution is -2.47. The fraction of sp³-hybridized carbons (Fsp3) is 0.560. The zero-order chi connectivity index (χ0) is 21.6. The van der Waals surface area contributed by atoms with E-state index in [0.717, 1.165) is 56.9 Å². The van der Waals surface area contributed by atoms with Gasteiger partial charge in [-0.3, -0.25) is 14.4 Å². The van der Waals surface area contributed by atoms with Crippen LogP contribution in [-0.2, 0) is 9.59 Å². The summed E-state index contributed by atoms with van der Waals surface area (Å²) in [5, 5.41) is 6.18. The molecule has 2 N–H and O–H groups in total. The molecule has 1 aromatic rings. The van der Waals surface area contributed by atoms with E-state index in [9.17, 15) is 14.4 Å². The Morgan fingerprint density at radius 3 is 2.10 bits per heavy atom. The van der Waals surface area contributed by atoms with Gasteiger partial charge in [-0.1, -0.05) is 31.4 Å². The van der Waals surface area contributed by atoms with Crippen LogP contribution >= 0.6 is 0 Å². The number of amides is 3. The molecular formula is C25H33N3O3. The number of nitrogens with one attached hydrogen (secondary N) is 2. The first-order valence-electron chi connectivity index (χ1n) is 11.8. The Labute approximate surface area is 184 Å². The molecule has 0 aromatic heterocycles. The van der Waals surface area contributed by atoms with Crippen molar-refractivity contribution in [2.24, 2.45) is 5.92 Å². The number of nitrogens with zero attached hydrogens (tertiary/aromatic N) is 1. The van der Waals surface area contributed by atoms with Crippen LogP contribution in [0.3, 0.4) is 0 Å². The molecule has 0 spiro atoms. The first kappa shape index (κ1) is 21.6. The van der Waals surface area contributed by atoms with Crippen LogP contribution in [0.15, 0.2) is 30.3 Å². The molecule has 1 saturated heterocycles. The van der Waals surface area contributed by atoms with Crippen LogP contribution < -0.4 is 10.6 Å². The number of benzene rings is 1. The van der Waals surface area contributed by atoms with Crippen molar-refractivity contribution in [3.05, 3.63) is 41.5 Å². The van der Waals surface area contributed by atoms with Crippen LogP contribution in [0.25, 0.3) is 6.08 Å². The first-order valence-corrected chi connectivity index (χ1v) is 11.8. The van der Waals surface area contributed by atoms with E-state index in [4.69, 9.17) is 0 Å². The lowest BCUT2D eigenvalue weighted by Gasteiger charge is -2.33. The maximum absolute atomic E-state index is 12.5. The molecular weight excluding hydrogens is 390 g/mol.